The lowest BCUT2D eigenvalue weighted by molar-refractivity contribution is 0.123. The summed E-state index contributed by atoms with van der Waals surface area (Å²) in [7, 11) is 2.45. The van der Waals surface area contributed by atoms with E-state index in [1.807, 2.05) is 6.92 Å². The number of hydrogen-bond acceptors (Lipinski definition) is 4. The number of hydrogen-bond donors (Lipinski definition) is 2. The molecule has 0 spiro atoms. The molecule has 0 aliphatic carbocycles. The summed E-state index contributed by atoms with van der Waals surface area (Å²) in [5.74, 6) is 0. The van der Waals surface area contributed by atoms with Gasteiger partial charge in [-0.15, -0.1) is 0 Å². The van der Waals surface area contributed by atoms with Gasteiger partial charge in [-0.1, -0.05) is 0 Å². The Balaban J connectivity index is 3.74. The molecule has 0 rings (SSSR count). The van der Waals surface area contributed by atoms with Crippen LogP contribution in [0.1, 0.15) is 13.3 Å². The highest BCUT2D eigenvalue weighted by atomic mass is 32.1. The van der Waals surface area contributed by atoms with Gasteiger partial charge in [0.25, 0.3) is 0 Å². The largest absolute Gasteiger partial charge is 0.500 e. The summed E-state index contributed by atoms with van der Waals surface area (Å²) >= 11 is 5.04. The van der Waals surface area contributed by atoms with Gasteiger partial charge in [0, 0.05) is 40.5 Å². The maximum absolute atomic E-state index is 5.31. The molecule has 5 nitrogen and oxygen atoms in total. The van der Waals surface area contributed by atoms with Crippen molar-refractivity contribution < 1.29 is 13.3 Å². The Morgan fingerprint density at radius 1 is 1.12 bits per heavy atom. The zero-order valence-corrected chi connectivity index (χ0v) is 12.3. The molecule has 0 aromatic carbocycles. The average molecular weight is 266 g/mol. The lowest BCUT2D eigenvalue weighted by Gasteiger charge is -2.24. The fraction of sp³-hybridized carbons (Fsp3) is 0.889. The SMILES string of the molecule is CCNC(=S)NCCC[Si](OC)(OC)OC. The third kappa shape index (κ3) is 5.76. The molecule has 0 aliphatic rings. The van der Waals surface area contributed by atoms with Crippen molar-refractivity contribution in [2.45, 2.75) is 19.4 Å². The first-order valence-corrected chi connectivity index (χ1v) is 7.65. The molecule has 0 unspecified atom stereocenters. The summed E-state index contributed by atoms with van der Waals surface area (Å²) in [6, 6.07) is 0.776. The Morgan fingerprint density at radius 3 is 2.12 bits per heavy atom. The van der Waals surface area contributed by atoms with Gasteiger partial charge in [0.1, 0.15) is 0 Å². The van der Waals surface area contributed by atoms with E-state index in [4.69, 9.17) is 25.5 Å². The van der Waals surface area contributed by atoms with Crippen LogP contribution in [0.15, 0.2) is 0 Å². The highest BCUT2D eigenvalue weighted by molar-refractivity contribution is 7.80. The molecule has 0 fully saturated rings. The van der Waals surface area contributed by atoms with Crippen molar-refractivity contribution in [2.24, 2.45) is 0 Å². The van der Waals surface area contributed by atoms with Crippen molar-refractivity contribution in [2.75, 3.05) is 34.4 Å². The van der Waals surface area contributed by atoms with Crippen LogP contribution >= 0.6 is 12.2 Å². The van der Waals surface area contributed by atoms with E-state index in [9.17, 15) is 0 Å². The van der Waals surface area contributed by atoms with E-state index in [-0.39, 0.29) is 0 Å². The Hall–Kier alpha value is -0.213. The number of thiocarbonyl (C=S) groups is 1. The van der Waals surface area contributed by atoms with Gasteiger partial charge < -0.3 is 23.9 Å². The lowest BCUT2D eigenvalue weighted by Crippen LogP contribution is -2.43. The van der Waals surface area contributed by atoms with Crippen LogP contribution in [0.4, 0.5) is 0 Å². The van der Waals surface area contributed by atoms with Gasteiger partial charge in [0.05, 0.1) is 0 Å². The summed E-state index contributed by atoms with van der Waals surface area (Å²) in [5.41, 5.74) is 0. The van der Waals surface area contributed by atoms with Gasteiger partial charge in [0.2, 0.25) is 0 Å². The molecule has 16 heavy (non-hydrogen) atoms. The fourth-order valence-corrected chi connectivity index (χ4v) is 3.25. The minimum atomic E-state index is -2.41. The molecular formula is C9H22N2O3SSi. The molecule has 0 saturated heterocycles. The minimum Gasteiger partial charge on any atom is -0.377 e. The topological polar surface area (TPSA) is 51.8 Å². The van der Waals surface area contributed by atoms with Crippen molar-refractivity contribution in [3.05, 3.63) is 0 Å². The first-order chi connectivity index (χ1) is 7.64. The van der Waals surface area contributed by atoms with Crippen LogP contribution in [0.25, 0.3) is 0 Å². The number of nitrogens with one attached hydrogen (secondary N) is 2. The van der Waals surface area contributed by atoms with Crippen LogP contribution in [0.5, 0.6) is 0 Å². The molecule has 0 radical (unpaired) electrons. The maximum Gasteiger partial charge on any atom is 0.500 e. The quantitative estimate of drug-likeness (QED) is 0.384. The molecule has 0 heterocycles. The summed E-state index contributed by atoms with van der Waals surface area (Å²) in [4.78, 5) is 0. The van der Waals surface area contributed by atoms with Crippen LogP contribution in [-0.2, 0) is 13.3 Å². The van der Waals surface area contributed by atoms with Crippen molar-refractivity contribution in [3.63, 3.8) is 0 Å². The molecule has 0 saturated carbocycles. The minimum absolute atomic E-state index is 0.682. The molecule has 2 N–H and O–H groups in total. The second kappa shape index (κ2) is 8.88. The Bertz CT molecular complexity index is 195. The molecule has 7 heteroatoms. The van der Waals surface area contributed by atoms with Gasteiger partial charge in [-0.05, 0) is 25.6 Å². The molecule has 0 amide bonds. The van der Waals surface area contributed by atoms with Crippen LogP contribution < -0.4 is 10.6 Å². The van der Waals surface area contributed by atoms with E-state index in [1.54, 1.807) is 21.3 Å². The van der Waals surface area contributed by atoms with Crippen molar-refractivity contribution in [3.8, 4) is 0 Å². The summed E-state index contributed by atoms with van der Waals surface area (Å²) in [6.45, 7) is 3.63. The van der Waals surface area contributed by atoms with Gasteiger partial charge >= 0.3 is 8.80 Å². The highest BCUT2D eigenvalue weighted by Crippen LogP contribution is 2.14. The first kappa shape index (κ1) is 15.8. The van der Waals surface area contributed by atoms with Crippen LogP contribution in [-0.4, -0.2) is 48.3 Å². The van der Waals surface area contributed by atoms with Crippen molar-refractivity contribution >= 4 is 26.1 Å². The van der Waals surface area contributed by atoms with E-state index < -0.39 is 8.80 Å². The van der Waals surface area contributed by atoms with Crippen LogP contribution in [0.3, 0.4) is 0 Å². The predicted molar refractivity (Wildman–Crippen MR) is 70.5 cm³/mol. The molecule has 0 aromatic heterocycles. The Labute approximate surface area is 104 Å². The van der Waals surface area contributed by atoms with Gasteiger partial charge in [-0.3, -0.25) is 0 Å². The van der Waals surface area contributed by atoms with Gasteiger partial charge in [0.15, 0.2) is 5.11 Å². The van der Waals surface area contributed by atoms with E-state index >= 15 is 0 Å². The monoisotopic (exact) mass is 266 g/mol. The third-order valence-corrected chi connectivity index (χ3v) is 5.34. The van der Waals surface area contributed by atoms with E-state index in [1.165, 1.54) is 0 Å². The molecule has 0 bridgehead atoms. The third-order valence-electron chi connectivity index (χ3n) is 2.22. The second-order valence-corrected chi connectivity index (χ2v) is 6.68. The van der Waals surface area contributed by atoms with E-state index in [0.29, 0.717) is 5.11 Å². The average Bonchev–Trinajstić information content (AvgIpc) is 2.31. The van der Waals surface area contributed by atoms with Gasteiger partial charge in [-0.2, -0.15) is 0 Å². The molecule has 0 atom stereocenters. The lowest BCUT2D eigenvalue weighted by atomic mass is 10.5. The smallest absolute Gasteiger partial charge is 0.377 e. The normalized spacial score (nSPS) is 11.2. The Morgan fingerprint density at radius 2 is 1.69 bits per heavy atom. The van der Waals surface area contributed by atoms with E-state index in [2.05, 4.69) is 10.6 Å². The standard InChI is InChI=1S/C9H22N2O3SSi/c1-5-10-9(15)11-7-6-8-16(12-2,13-3)14-4/h5-8H2,1-4H3,(H2,10,11,15). The zero-order valence-electron chi connectivity index (χ0n) is 10.5. The Kier molecular flexibility index (Phi) is 8.77. The first-order valence-electron chi connectivity index (χ1n) is 5.31. The molecule has 0 aliphatic heterocycles. The second-order valence-electron chi connectivity index (χ2n) is 3.19. The van der Waals surface area contributed by atoms with Crippen LogP contribution in [0, 0.1) is 0 Å². The summed E-state index contributed by atoms with van der Waals surface area (Å²) < 4.78 is 15.9. The van der Waals surface area contributed by atoms with Gasteiger partial charge in [-0.25, -0.2) is 0 Å². The predicted octanol–water partition coefficient (Wildman–Crippen LogP) is 0.739. The molecule has 0 aromatic rings. The molecular weight excluding hydrogens is 244 g/mol. The fourth-order valence-electron chi connectivity index (χ4n) is 1.29. The number of rotatable bonds is 8. The highest BCUT2D eigenvalue weighted by Gasteiger charge is 2.36. The summed E-state index contributed by atoms with van der Waals surface area (Å²) in [5, 5.41) is 6.81. The van der Waals surface area contributed by atoms with Crippen molar-refractivity contribution in [1.29, 1.82) is 0 Å². The summed E-state index contributed by atoms with van der Waals surface area (Å²) in [6.07, 6.45) is 0.896. The van der Waals surface area contributed by atoms with Crippen LogP contribution in [0.2, 0.25) is 6.04 Å². The molecule has 96 valence electrons. The maximum atomic E-state index is 5.31. The van der Waals surface area contributed by atoms with Crippen molar-refractivity contribution in [1.82, 2.24) is 10.6 Å². The van der Waals surface area contributed by atoms with E-state index in [0.717, 1.165) is 25.6 Å². The zero-order chi connectivity index (χ0) is 12.4.